The molecule has 3 nitrogen and oxygen atoms in total. The normalized spacial score (nSPS) is 14.1. The molecular formula is C22H17ClO3. The molecule has 2 heterocycles. The molecule has 2 aromatic carbocycles. The summed E-state index contributed by atoms with van der Waals surface area (Å²) in [6.45, 7) is 1.96. The molecule has 0 bridgehead atoms. The smallest absolute Gasteiger partial charge is 0.339 e. The van der Waals surface area contributed by atoms with Crippen molar-refractivity contribution in [1.29, 1.82) is 0 Å². The fraction of sp³-hybridized carbons (Fsp3) is 0.227. The Bertz CT molecular complexity index is 1210. The van der Waals surface area contributed by atoms with Crippen LogP contribution in [0.2, 0.25) is 5.02 Å². The second-order valence-corrected chi connectivity index (χ2v) is 7.40. The molecule has 130 valence electrons. The van der Waals surface area contributed by atoms with Crippen LogP contribution in [-0.2, 0) is 12.8 Å². The van der Waals surface area contributed by atoms with Gasteiger partial charge in [-0.25, -0.2) is 4.79 Å². The van der Waals surface area contributed by atoms with Gasteiger partial charge in [0.25, 0.3) is 0 Å². The summed E-state index contributed by atoms with van der Waals surface area (Å²) in [5.41, 5.74) is 6.18. The molecule has 0 unspecified atom stereocenters. The summed E-state index contributed by atoms with van der Waals surface area (Å²) in [6.07, 6.45) is 5.66. The number of fused-ring (bicyclic) bond motifs is 4. The summed E-state index contributed by atoms with van der Waals surface area (Å²) < 4.78 is 11.6. The molecule has 0 spiro atoms. The number of hydrogen-bond donors (Lipinski definition) is 0. The Labute approximate surface area is 155 Å². The van der Waals surface area contributed by atoms with E-state index in [1.54, 1.807) is 6.26 Å². The molecule has 0 atom stereocenters. The van der Waals surface area contributed by atoms with E-state index in [1.807, 2.05) is 31.2 Å². The van der Waals surface area contributed by atoms with Crippen LogP contribution < -0.4 is 5.63 Å². The van der Waals surface area contributed by atoms with E-state index in [9.17, 15) is 4.79 Å². The summed E-state index contributed by atoms with van der Waals surface area (Å²) in [5, 5.41) is 2.79. The third kappa shape index (κ3) is 2.24. The van der Waals surface area contributed by atoms with E-state index in [-0.39, 0.29) is 5.63 Å². The first-order valence-corrected chi connectivity index (χ1v) is 9.26. The van der Waals surface area contributed by atoms with Gasteiger partial charge in [0.1, 0.15) is 11.2 Å². The van der Waals surface area contributed by atoms with Crippen LogP contribution >= 0.6 is 11.6 Å². The van der Waals surface area contributed by atoms with Crippen LogP contribution in [0.3, 0.4) is 0 Å². The van der Waals surface area contributed by atoms with Gasteiger partial charge < -0.3 is 8.83 Å². The SMILES string of the molecule is Cc1c2occ(-c3ccc(Cl)cc3)c2cc2c3c(c(=O)oc12)CCCC3. The van der Waals surface area contributed by atoms with Gasteiger partial charge in [0, 0.05) is 32.5 Å². The quantitative estimate of drug-likeness (QED) is 0.386. The van der Waals surface area contributed by atoms with Crippen molar-refractivity contribution in [2.45, 2.75) is 32.6 Å². The Morgan fingerprint density at radius 2 is 1.69 bits per heavy atom. The van der Waals surface area contributed by atoms with Crippen molar-refractivity contribution in [3.63, 3.8) is 0 Å². The Kier molecular flexibility index (Phi) is 3.47. The van der Waals surface area contributed by atoms with E-state index in [0.717, 1.165) is 69.9 Å². The zero-order valence-corrected chi connectivity index (χ0v) is 15.2. The predicted octanol–water partition coefficient (Wildman–Crippen LogP) is 6.05. The van der Waals surface area contributed by atoms with Crippen molar-refractivity contribution in [2.24, 2.45) is 0 Å². The number of aryl methyl sites for hydroxylation is 2. The lowest BCUT2D eigenvalue weighted by atomic mass is 9.89. The summed E-state index contributed by atoms with van der Waals surface area (Å²) >= 11 is 6.02. The third-order valence-corrected chi connectivity index (χ3v) is 5.69. The molecule has 1 aliphatic rings. The van der Waals surface area contributed by atoms with E-state index in [0.29, 0.717) is 10.6 Å². The zero-order chi connectivity index (χ0) is 17.8. The lowest BCUT2D eigenvalue weighted by Crippen LogP contribution is -2.16. The lowest BCUT2D eigenvalue weighted by Gasteiger charge is -2.17. The van der Waals surface area contributed by atoms with Gasteiger partial charge in [-0.15, -0.1) is 0 Å². The second kappa shape index (κ2) is 5.75. The standard InChI is InChI=1S/C22H17ClO3/c1-12-20-18(19(11-25-20)13-6-8-14(23)9-7-13)10-17-15-4-2-3-5-16(15)22(24)26-21(12)17/h6-11H,2-5H2,1H3. The van der Waals surface area contributed by atoms with Crippen molar-refractivity contribution < 1.29 is 8.83 Å². The summed E-state index contributed by atoms with van der Waals surface area (Å²) in [7, 11) is 0. The highest BCUT2D eigenvalue weighted by atomic mass is 35.5. The summed E-state index contributed by atoms with van der Waals surface area (Å²) in [5.74, 6) is 0. The van der Waals surface area contributed by atoms with Crippen LogP contribution in [0.4, 0.5) is 0 Å². The van der Waals surface area contributed by atoms with E-state index in [2.05, 4.69) is 6.07 Å². The molecule has 5 rings (SSSR count). The minimum atomic E-state index is -0.195. The molecule has 4 heteroatoms. The molecule has 0 saturated heterocycles. The predicted molar refractivity (Wildman–Crippen MR) is 104 cm³/mol. The Hall–Kier alpha value is -2.52. The number of hydrogen-bond acceptors (Lipinski definition) is 3. The van der Waals surface area contributed by atoms with E-state index in [1.165, 1.54) is 0 Å². The molecule has 26 heavy (non-hydrogen) atoms. The molecule has 0 amide bonds. The Balaban J connectivity index is 1.87. The summed E-state index contributed by atoms with van der Waals surface area (Å²) in [4.78, 5) is 12.4. The minimum Gasteiger partial charge on any atom is -0.463 e. The minimum absolute atomic E-state index is 0.195. The molecule has 4 aromatic rings. The third-order valence-electron chi connectivity index (χ3n) is 5.43. The van der Waals surface area contributed by atoms with Crippen molar-refractivity contribution in [3.05, 3.63) is 68.7 Å². The maximum atomic E-state index is 12.4. The number of halogens is 1. The van der Waals surface area contributed by atoms with Gasteiger partial charge in [0.15, 0.2) is 0 Å². The van der Waals surface area contributed by atoms with Gasteiger partial charge in [-0.2, -0.15) is 0 Å². The van der Waals surface area contributed by atoms with Crippen LogP contribution in [0.25, 0.3) is 33.1 Å². The molecule has 0 N–H and O–H groups in total. The molecule has 0 aliphatic heterocycles. The van der Waals surface area contributed by atoms with Gasteiger partial charge >= 0.3 is 5.63 Å². The first kappa shape index (κ1) is 15.7. The molecule has 0 radical (unpaired) electrons. The topological polar surface area (TPSA) is 43.4 Å². The van der Waals surface area contributed by atoms with Gasteiger partial charge in [0.05, 0.1) is 6.26 Å². The molecule has 1 aliphatic carbocycles. The molecule has 0 fully saturated rings. The average Bonchev–Trinajstić information content (AvgIpc) is 3.08. The van der Waals surface area contributed by atoms with Crippen LogP contribution in [0.15, 0.2) is 50.2 Å². The second-order valence-electron chi connectivity index (χ2n) is 6.96. The highest BCUT2D eigenvalue weighted by Crippen LogP contribution is 2.38. The van der Waals surface area contributed by atoms with E-state index in [4.69, 9.17) is 20.4 Å². The van der Waals surface area contributed by atoms with Crippen LogP contribution in [0.1, 0.15) is 29.5 Å². The number of furan rings is 1. The largest absolute Gasteiger partial charge is 0.463 e. The first-order valence-electron chi connectivity index (χ1n) is 8.89. The average molecular weight is 365 g/mol. The van der Waals surface area contributed by atoms with Gasteiger partial charge in [0.2, 0.25) is 0 Å². The van der Waals surface area contributed by atoms with Crippen molar-refractivity contribution in [3.8, 4) is 11.1 Å². The zero-order valence-electron chi connectivity index (χ0n) is 14.4. The maximum Gasteiger partial charge on any atom is 0.339 e. The lowest BCUT2D eigenvalue weighted by molar-refractivity contribution is 0.530. The van der Waals surface area contributed by atoms with Gasteiger partial charge in [-0.1, -0.05) is 23.7 Å². The van der Waals surface area contributed by atoms with E-state index < -0.39 is 0 Å². The van der Waals surface area contributed by atoms with E-state index >= 15 is 0 Å². The van der Waals surface area contributed by atoms with Crippen molar-refractivity contribution in [2.75, 3.05) is 0 Å². The summed E-state index contributed by atoms with van der Waals surface area (Å²) in [6, 6.07) is 9.87. The van der Waals surface area contributed by atoms with Crippen LogP contribution in [0.5, 0.6) is 0 Å². The monoisotopic (exact) mass is 364 g/mol. The van der Waals surface area contributed by atoms with Gasteiger partial charge in [-0.05, 0) is 61.9 Å². The fourth-order valence-corrected chi connectivity index (χ4v) is 4.23. The highest BCUT2D eigenvalue weighted by molar-refractivity contribution is 6.30. The Morgan fingerprint density at radius 1 is 0.962 bits per heavy atom. The van der Waals surface area contributed by atoms with Crippen LogP contribution in [0, 0.1) is 6.92 Å². The van der Waals surface area contributed by atoms with Crippen molar-refractivity contribution in [1.82, 2.24) is 0 Å². The Morgan fingerprint density at radius 3 is 2.46 bits per heavy atom. The van der Waals surface area contributed by atoms with Gasteiger partial charge in [-0.3, -0.25) is 0 Å². The molecule has 2 aromatic heterocycles. The maximum absolute atomic E-state index is 12.4. The first-order chi connectivity index (χ1) is 12.6. The molecule has 0 saturated carbocycles. The highest BCUT2D eigenvalue weighted by Gasteiger charge is 2.22. The number of rotatable bonds is 1. The van der Waals surface area contributed by atoms with Crippen molar-refractivity contribution >= 4 is 33.5 Å². The molecular weight excluding hydrogens is 348 g/mol. The number of benzene rings is 2. The fourth-order valence-electron chi connectivity index (χ4n) is 4.11. The van der Waals surface area contributed by atoms with Crippen LogP contribution in [-0.4, -0.2) is 0 Å².